The van der Waals surface area contributed by atoms with Gasteiger partial charge in [0.25, 0.3) is 0 Å². The molecule has 0 unspecified atom stereocenters. The van der Waals surface area contributed by atoms with Gasteiger partial charge in [0, 0.05) is 12.1 Å². The quantitative estimate of drug-likeness (QED) is 0.674. The molecular formula is C14H22N2O3. The van der Waals surface area contributed by atoms with Crippen molar-refractivity contribution in [2.45, 2.75) is 53.0 Å². The zero-order valence-electron chi connectivity index (χ0n) is 11.9. The van der Waals surface area contributed by atoms with Crippen LogP contribution >= 0.6 is 0 Å². The van der Waals surface area contributed by atoms with Crippen molar-refractivity contribution < 1.29 is 14.3 Å². The first-order valence-corrected chi connectivity index (χ1v) is 6.83. The average molecular weight is 266 g/mol. The van der Waals surface area contributed by atoms with Gasteiger partial charge >= 0.3 is 5.97 Å². The third-order valence-corrected chi connectivity index (χ3v) is 2.88. The normalized spacial score (nSPS) is 10.5. The van der Waals surface area contributed by atoms with E-state index < -0.39 is 0 Å². The van der Waals surface area contributed by atoms with Crippen LogP contribution < -0.4 is 0 Å². The van der Waals surface area contributed by atoms with Crippen molar-refractivity contribution in [3.8, 4) is 0 Å². The van der Waals surface area contributed by atoms with Gasteiger partial charge in [0.15, 0.2) is 5.78 Å². The van der Waals surface area contributed by atoms with Gasteiger partial charge in [0.05, 0.1) is 25.3 Å². The van der Waals surface area contributed by atoms with Gasteiger partial charge in [-0.05, 0) is 25.8 Å². The summed E-state index contributed by atoms with van der Waals surface area (Å²) in [5.41, 5.74) is 2.05. The fourth-order valence-electron chi connectivity index (χ4n) is 1.83. The molecule has 0 saturated carbocycles. The number of Topliss-reactive ketones (excluding diaryl/α,β-unsaturated/α-hetero) is 1. The van der Waals surface area contributed by atoms with Crippen molar-refractivity contribution in [2.24, 2.45) is 0 Å². The molecule has 1 heterocycles. The van der Waals surface area contributed by atoms with Gasteiger partial charge in [0.1, 0.15) is 0 Å². The number of carbonyl (C=O) groups is 2. The number of hydrogen-bond acceptors (Lipinski definition) is 4. The number of ether oxygens (including phenoxy) is 1. The summed E-state index contributed by atoms with van der Waals surface area (Å²) in [5, 5.41) is 4.38. The Morgan fingerprint density at radius 2 is 1.95 bits per heavy atom. The van der Waals surface area contributed by atoms with Gasteiger partial charge in [-0.3, -0.25) is 14.3 Å². The molecule has 5 nitrogen and oxygen atoms in total. The largest absolute Gasteiger partial charge is 0.466 e. The molecule has 0 N–H and O–H groups in total. The third kappa shape index (κ3) is 4.85. The summed E-state index contributed by atoms with van der Waals surface area (Å²) >= 11 is 0. The zero-order chi connectivity index (χ0) is 14.3. The van der Waals surface area contributed by atoms with Crippen LogP contribution in [0.2, 0.25) is 0 Å². The number of nitrogens with zero attached hydrogens (tertiary/aromatic N) is 2. The Morgan fingerprint density at radius 3 is 2.53 bits per heavy atom. The summed E-state index contributed by atoms with van der Waals surface area (Å²) in [6.07, 6.45) is 2.06. The van der Waals surface area contributed by atoms with E-state index in [9.17, 15) is 9.59 Å². The lowest BCUT2D eigenvalue weighted by atomic mass is 10.2. The molecular weight excluding hydrogens is 244 g/mol. The van der Waals surface area contributed by atoms with E-state index in [1.54, 1.807) is 11.6 Å². The van der Waals surface area contributed by atoms with Crippen LogP contribution in [-0.4, -0.2) is 28.1 Å². The molecule has 5 heteroatoms. The molecule has 0 aliphatic heterocycles. The molecule has 0 aliphatic carbocycles. The molecule has 0 amide bonds. The lowest BCUT2D eigenvalue weighted by molar-refractivity contribution is -0.144. The standard InChI is InChI=1S/C14H22N2O3/c1-4-11-9-12(5-2)16(15-11)10-13(17)7-8-14(18)19-6-3/h9H,4-8,10H2,1-3H3. The van der Waals surface area contributed by atoms with Crippen LogP contribution in [0.3, 0.4) is 0 Å². The maximum atomic E-state index is 11.8. The van der Waals surface area contributed by atoms with Crippen molar-refractivity contribution in [3.63, 3.8) is 0 Å². The highest BCUT2D eigenvalue weighted by molar-refractivity contribution is 5.82. The molecule has 1 aromatic heterocycles. The van der Waals surface area contributed by atoms with Crippen LogP contribution in [0.4, 0.5) is 0 Å². The molecule has 0 bridgehead atoms. The van der Waals surface area contributed by atoms with E-state index in [2.05, 4.69) is 5.10 Å². The average Bonchev–Trinajstić information content (AvgIpc) is 2.79. The van der Waals surface area contributed by atoms with Crippen LogP contribution in [0.15, 0.2) is 6.07 Å². The third-order valence-electron chi connectivity index (χ3n) is 2.88. The van der Waals surface area contributed by atoms with Crippen molar-refractivity contribution in [3.05, 3.63) is 17.5 Å². The van der Waals surface area contributed by atoms with E-state index in [4.69, 9.17) is 4.74 Å². The molecule has 0 saturated heterocycles. The number of esters is 1. The van der Waals surface area contributed by atoms with E-state index in [1.807, 2.05) is 19.9 Å². The SMILES string of the molecule is CCOC(=O)CCC(=O)Cn1nc(CC)cc1CC. The van der Waals surface area contributed by atoms with Gasteiger partial charge in [-0.25, -0.2) is 0 Å². The first-order valence-electron chi connectivity index (χ1n) is 6.83. The van der Waals surface area contributed by atoms with Crippen LogP contribution in [0.1, 0.15) is 45.0 Å². The maximum Gasteiger partial charge on any atom is 0.306 e. The smallest absolute Gasteiger partial charge is 0.306 e. The molecule has 1 rings (SSSR count). The second-order valence-corrected chi connectivity index (χ2v) is 4.34. The lowest BCUT2D eigenvalue weighted by Gasteiger charge is -2.05. The van der Waals surface area contributed by atoms with E-state index in [-0.39, 0.29) is 31.1 Å². The second kappa shape index (κ2) is 7.71. The second-order valence-electron chi connectivity index (χ2n) is 4.34. The van der Waals surface area contributed by atoms with E-state index in [0.717, 1.165) is 24.2 Å². The summed E-state index contributed by atoms with van der Waals surface area (Å²) in [6, 6.07) is 2.03. The predicted molar refractivity (Wildman–Crippen MR) is 71.9 cm³/mol. The van der Waals surface area contributed by atoms with Crippen molar-refractivity contribution in [1.29, 1.82) is 0 Å². The van der Waals surface area contributed by atoms with Crippen molar-refractivity contribution in [1.82, 2.24) is 9.78 Å². The predicted octanol–water partition coefficient (Wildman–Crippen LogP) is 1.92. The highest BCUT2D eigenvalue weighted by Gasteiger charge is 2.11. The minimum atomic E-state index is -0.318. The van der Waals surface area contributed by atoms with Gasteiger partial charge < -0.3 is 4.74 Å². The molecule has 0 atom stereocenters. The number of aryl methyl sites for hydroxylation is 2. The maximum absolute atomic E-state index is 11.8. The Labute approximate surface area is 113 Å². The fourth-order valence-corrected chi connectivity index (χ4v) is 1.83. The Morgan fingerprint density at radius 1 is 1.21 bits per heavy atom. The van der Waals surface area contributed by atoms with Crippen molar-refractivity contribution >= 4 is 11.8 Å². The van der Waals surface area contributed by atoms with E-state index >= 15 is 0 Å². The number of ketones is 1. The summed E-state index contributed by atoms with van der Waals surface area (Å²) in [4.78, 5) is 23.0. The van der Waals surface area contributed by atoms with Crippen LogP contribution in [0.5, 0.6) is 0 Å². The Hall–Kier alpha value is -1.65. The van der Waals surface area contributed by atoms with Gasteiger partial charge in [-0.15, -0.1) is 0 Å². The molecule has 0 aliphatic rings. The molecule has 1 aromatic rings. The minimum absolute atomic E-state index is 0.00788. The Balaban J connectivity index is 2.52. The van der Waals surface area contributed by atoms with Gasteiger partial charge in [-0.1, -0.05) is 13.8 Å². The molecule has 19 heavy (non-hydrogen) atoms. The molecule has 0 fully saturated rings. The lowest BCUT2D eigenvalue weighted by Crippen LogP contribution is -2.15. The highest BCUT2D eigenvalue weighted by atomic mass is 16.5. The molecule has 0 aromatic carbocycles. The zero-order valence-corrected chi connectivity index (χ0v) is 11.9. The minimum Gasteiger partial charge on any atom is -0.466 e. The molecule has 0 radical (unpaired) electrons. The first-order chi connectivity index (χ1) is 9.10. The molecule has 106 valence electrons. The topological polar surface area (TPSA) is 61.2 Å². The number of rotatable bonds is 8. The number of aromatic nitrogens is 2. The van der Waals surface area contributed by atoms with Crippen LogP contribution in [0, 0.1) is 0 Å². The van der Waals surface area contributed by atoms with Gasteiger partial charge in [0.2, 0.25) is 0 Å². The van der Waals surface area contributed by atoms with E-state index in [0.29, 0.717) is 6.61 Å². The van der Waals surface area contributed by atoms with Crippen molar-refractivity contribution in [2.75, 3.05) is 6.61 Å². The summed E-state index contributed by atoms with van der Waals surface area (Å²) in [5.74, 6) is -0.310. The van der Waals surface area contributed by atoms with Crippen LogP contribution in [-0.2, 0) is 33.7 Å². The fraction of sp³-hybridized carbons (Fsp3) is 0.643. The van der Waals surface area contributed by atoms with Gasteiger partial charge in [-0.2, -0.15) is 5.10 Å². The Kier molecular flexibility index (Phi) is 6.25. The first kappa shape index (κ1) is 15.4. The molecule has 0 spiro atoms. The summed E-state index contributed by atoms with van der Waals surface area (Å²) in [6.45, 7) is 6.42. The monoisotopic (exact) mass is 266 g/mol. The van der Waals surface area contributed by atoms with Crippen LogP contribution in [0.25, 0.3) is 0 Å². The summed E-state index contributed by atoms with van der Waals surface area (Å²) < 4.78 is 6.54. The Bertz CT molecular complexity index is 438. The van der Waals surface area contributed by atoms with E-state index in [1.165, 1.54) is 0 Å². The highest BCUT2D eigenvalue weighted by Crippen LogP contribution is 2.07. The number of hydrogen-bond donors (Lipinski definition) is 0. The summed E-state index contributed by atoms with van der Waals surface area (Å²) in [7, 11) is 0. The number of carbonyl (C=O) groups excluding carboxylic acids is 2.